The lowest BCUT2D eigenvalue weighted by atomic mass is 10.2. The minimum atomic E-state index is -0.516. The highest BCUT2D eigenvalue weighted by Crippen LogP contribution is 2.14. The largest absolute Gasteiger partial charge is 0.444 e. The van der Waals surface area contributed by atoms with Gasteiger partial charge < -0.3 is 10.1 Å². The van der Waals surface area contributed by atoms with Gasteiger partial charge in [-0.05, 0) is 38.5 Å². The second-order valence-electron chi connectivity index (χ2n) is 4.48. The highest BCUT2D eigenvalue weighted by atomic mass is 35.5. The van der Waals surface area contributed by atoms with Crippen LogP contribution in [0.5, 0.6) is 0 Å². The van der Waals surface area contributed by atoms with Crippen molar-refractivity contribution in [1.29, 1.82) is 0 Å². The Morgan fingerprint density at radius 3 is 2.35 bits per heavy atom. The van der Waals surface area contributed by atoms with Gasteiger partial charge in [0.05, 0.1) is 0 Å². The molecule has 1 amide bonds. The molecular formula is C11H14Cl2N2O2. The van der Waals surface area contributed by atoms with Crippen molar-refractivity contribution in [2.75, 3.05) is 0 Å². The molecule has 0 atom stereocenters. The molecule has 0 aliphatic carbocycles. The van der Waals surface area contributed by atoms with Gasteiger partial charge in [0.2, 0.25) is 0 Å². The summed E-state index contributed by atoms with van der Waals surface area (Å²) in [5.41, 5.74) is 0.248. The lowest BCUT2D eigenvalue weighted by Crippen LogP contribution is -2.32. The van der Waals surface area contributed by atoms with Gasteiger partial charge >= 0.3 is 6.09 Å². The van der Waals surface area contributed by atoms with Crippen molar-refractivity contribution in [3.05, 3.63) is 28.0 Å². The lowest BCUT2D eigenvalue weighted by molar-refractivity contribution is 0.0523. The van der Waals surface area contributed by atoms with Crippen LogP contribution in [0.25, 0.3) is 0 Å². The molecule has 0 aromatic carbocycles. The third-order valence-electron chi connectivity index (χ3n) is 1.66. The Bertz CT molecular complexity index is 396. The average Bonchev–Trinajstić information content (AvgIpc) is 2.10. The van der Waals surface area contributed by atoms with Crippen LogP contribution in [0.2, 0.25) is 10.3 Å². The van der Waals surface area contributed by atoms with Crippen molar-refractivity contribution in [1.82, 2.24) is 10.3 Å². The van der Waals surface area contributed by atoms with Gasteiger partial charge in [-0.25, -0.2) is 9.78 Å². The number of hydrogen-bond acceptors (Lipinski definition) is 3. The van der Waals surface area contributed by atoms with Crippen LogP contribution in [-0.4, -0.2) is 16.7 Å². The van der Waals surface area contributed by atoms with E-state index in [1.54, 1.807) is 32.9 Å². The molecule has 0 aliphatic heterocycles. The summed E-state index contributed by atoms with van der Waals surface area (Å²) in [7, 11) is 0. The highest BCUT2D eigenvalue weighted by Gasteiger charge is 2.15. The molecule has 0 bridgehead atoms. The summed E-state index contributed by atoms with van der Waals surface area (Å²) >= 11 is 11.5. The summed E-state index contributed by atoms with van der Waals surface area (Å²) in [6.07, 6.45) is -0.485. The van der Waals surface area contributed by atoms with E-state index in [1.165, 1.54) is 0 Å². The summed E-state index contributed by atoms with van der Waals surface area (Å²) in [6, 6.07) is 3.26. The smallest absolute Gasteiger partial charge is 0.407 e. The van der Waals surface area contributed by atoms with Crippen LogP contribution in [0.15, 0.2) is 12.1 Å². The van der Waals surface area contributed by atoms with Crippen molar-refractivity contribution in [2.45, 2.75) is 32.9 Å². The summed E-state index contributed by atoms with van der Waals surface area (Å²) in [4.78, 5) is 15.2. The van der Waals surface area contributed by atoms with E-state index in [4.69, 9.17) is 27.9 Å². The molecule has 0 saturated carbocycles. The molecule has 0 unspecified atom stereocenters. The number of hydrogen-bond donors (Lipinski definition) is 1. The van der Waals surface area contributed by atoms with E-state index in [2.05, 4.69) is 10.3 Å². The van der Waals surface area contributed by atoms with Crippen LogP contribution in [0, 0.1) is 0 Å². The summed E-state index contributed by atoms with van der Waals surface area (Å²) < 4.78 is 5.09. The zero-order chi connectivity index (χ0) is 13.1. The van der Waals surface area contributed by atoms with E-state index >= 15 is 0 Å². The summed E-state index contributed by atoms with van der Waals surface area (Å²) in [6.45, 7) is 5.68. The van der Waals surface area contributed by atoms with Crippen molar-refractivity contribution >= 4 is 29.3 Å². The van der Waals surface area contributed by atoms with Gasteiger partial charge in [-0.3, -0.25) is 0 Å². The van der Waals surface area contributed by atoms with E-state index in [-0.39, 0.29) is 6.54 Å². The van der Waals surface area contributed by atoms with Crippen LogP contribution in [0.3, 0.4) is 0 Å². The van der Waals surface area contributed by atoms with Gasteiger partial charge in [-0.15, -0.1) is 0 Å². The summed E-state index contributed by atoms with van der Waals surface area (Å²) in [5, 5.41) is 3.18. The predicted molar refractivity (Wildman–Crippen MR) is 67.3 cm³/mol. The number of aromatic nitrogens is 1. The molecule has 0 radical (unpaired) electrons. The van der Waals surface area contributed by atoms with Crippen molar-refractivity contribution in [3.63, 3.8) is 0 Å². The maximum atomic E-state index is 11.4. The van der Waals surface area contributed by atoms with Crippen molar-refractivity contribution in [3.8, 4) is 0 Å². The van der Waals surface area contributed by atoms with E-state index in [9.17, 15) is 4.79 Å². The molecule has 94 valence electrons. The first-order valence-corrected chi connectivity index (χ1v) is 5.81. The van der Waals surface area contributed by atoms with Gasteiger partial charge in [-0.1, -0.05) is 23.2 Å². The Labute approximate surface area is 110 Å². The van der Waals surface area contributed by atoms with Crippen LogP contribution in [0.4, 0.5) is 4.79 Å². The van der Waals surface area contributed by atoms with E-state index in [0.717, 1.165) is 5.56 Å². The molecule has 1 rings (SSSR count). The Morgan fingerprint density at radius 1 is 1.35 bits per heavy atom. The Kier molecular flexibility index (Phi) is 4.60. The predicted octanol–water partition coefficient (Wildman–Crippen LogP) is 3.41. The molecule has 4 nitrogen and oxygen atoms in total. The minimum Gasteiger partial charge on any atom is -0.444 e. The maximum absolute atomic E-state index is 11.4. The Balaban J connectivity index is 2.53. The third kappa shape index (κ3) is 5.75. The van der Waals surface area contributed by atoms with Gasteiger partial charge in [0.15, 0.2) is 0 Å². The fourth-order valence-electron chi connectivity index (χ4n) is 1.10. The number of pyridine rings is 1. The second-order valence-corrected chi connectivity index (χ2v) is 5.25. The first kappa shape index (κ1) is 14.1. The van der Waals surface area contributed by atoms with Gasteiger partial charge in [0.1, 0.15) is 15.9 Å². The SMILES string of the molecule is CC(C)(C)OC(=O)NCc1cc(Cl)nc(Cl)c1. The van der Waals surface area contributed by atoms with Crippen molar-refractivity contribution in [2.24, 2.45) is 0 Å². The lowest BCUT2D eigenvalue weighted by Gasteiger charge is -2.19. The number of ether oxygens (including phenoxy) is 1. The molecule has 1 aromatic heterocycles. The quantitative estimate of drug-likeness (QED) is 0.843. The van der Waals surface area contributed by atoms with Crippen LogP contribution in [0.1, 0.15) is 26.3 Å². The van der Waals surface area contributed by atoms with Crippen LogP contribution in [-0.2, 0) is 11.3 Å². The molecular weight excluding hydrogens is 263 g/mol. The fraction of sp³-hybridized carbons (Fsp3) is 0.455. The minimum absolute atomic E-state index is 0.289. The topological polar surface area (TPSA) is 51.2 Å². The fourth-order valence-corrected chi connectivity index (χ4v) is 1.61. The van der Waals surface area contributed by atoms with Crippen LogP contribution < -0.4 is 5.32 Å². The zero-order valence-electron chi connectivity index (χ0n) is 9.88. The molecule has 17 heavy (non-hydrogen) atoms. The molecule has 1 aromatic rings. The highest BCUT2D eigenvalue weighted by molar-refractivity contribution is 6.32. The number of carbonyl (C=O) groups excluding carboxylic acids is 1. The molecule has 0 spiro atoms. The molecule has 1 N–H and O–H groups in total. The number of amides is 1. The average molecular weight is 277 g/mol. The van der Waals surface area contributed by atoms with Gasteiger partial charge in [0.25, 0.3) is 0 Å². The van der Waals surface area contributed by atoms with Gasteiger partial charge in [-0.2, -0.15) is 0 Å². The van der Waals surface area contributed by atoms with E-state index < -0.39 is 11.7 Å². The monoisotopic (exact) mass is 276 g/mol. The molecule has 6 heteroatoms. The van der Waals surface area contributed by atoms with Gasteiger partial charge in [0, 0.05) is 6.54 Å². The van der Waals surface area contributed by atoms with Crippen LogP contribution >= 0.6 is 23.2 Å². The third-order valence-corrected chi connectivity index (χ3v) is 2.05. The first-order valence-electron chi connectivity index (χ1n) is 5.05. The number of rotatable bonds is 2. The molecule has 0 aliphatic rings. The zero-order valence-corrected chi connectivity index (χ0v) is 11.4. The standard InChI is InChI=1S/C11H14Cl2N2O2/c1-11(2,3)17-10(16)14-6-7-4-8(12)15-9(13)5-7/h4-5H,6H2,1-3H3,(H,14,16). The normalized spacial score (nSPS) is 11.1. The Hall–Kier alpha value is -1.00. The number of nitrogens with one attached hydrogen (secondary N) is 1. The number of halogens is 2. The first-order chi connectivity index (χ1) is 7.76. The number of alkyl carbamates (subject to hydrolysis) is 1. The number of nitrogens with zero attached hydrogens (tertiary/aromatic N) is 1. The molecule has 0 fully saturated rings. The Morgan fingerprint density at radius 2 is 1.88 bits per heavy atom. The maximum Gasteiger partial charge on any atom is 0.407 e. The van der Waals surface area contributed by atoms with Crippen molar-refractivity contribution < 1.29 is 9.53 Å². The summed E-state index contributed by atoms with van der Waals surface area (Å²) in [5.74, 6) is 0. The number of carbonyl (C=O) groups is 1. The molecule has 0 saturated heterocycles. The van der Waals surface area contributed by atoms with E-state index in [0.29, 0.717) is 10.3 Å². The second kappa shape index (κ2) is 5.56. The molecule has 1 heterocycles. The van der Waals surface area contributed by atoms with E-state index in [1.807, 2.05) is 0 Å².